The van der Waals surface area contributed by atoms with Gasteiger partial charge in [-0.3, -0.25) is 9.59 Å². The maximum atomic E-state index is 11.6. The van der Waals surface area contributed by atoms with Crippen molar-refractivity contribution in [1.82, 2.24) is 0 Å². The first-order valence-electron chi connectivity index (χ1n) is 5.81. The molecule has 0 N–H and O–H groups in total. The van der Waals surface area contributed by atoms with Crippen LogP contribution in [-0.4, -0.2) is 24.9 Å². The first-order valence-corrected chi connectivity index (χ1v) is 6.19. The average molecular weight is 286 g/mol. The minimum atomic E-state index is -0.632. The average Bonchev–Trinajstić information content (AvgIpc) is 2.88. The van der Waals surface area contributed by atoms with Crippen LogP contribution in [0.4, 0.5) is 0 Å². The Balaban J connectivity index is 2.61. The first kappa shape index (κ1) is 15.5. The van der Waals surface area contributed by atoms with Gasteiger partial charge in [-0.2, -0.15) is 5.26 Å². The topological polar surface area (TPSA) is 76.4 Å². The molecule has 1 saturated carbocycles. The van der Waals surface area contributed by atoms with Crippen molar-refractivity contribution in [3.63, 3.8) is 0 Å². The van der Waals surface area contributed by atoms with E-state index in [4.69, 9.17) is 26.3 Å². The molecule has 0 heterocycles. The van der Waals surface area contributed by atoms with Gasteiger partial charge in [-0.1, -0.05) is 13.8 Å². The fourth-order valence-electron chi connectivity index (χ4n) is 2.28. The molecule has 0 radical (unpaired) electrons. The van der Waals surface area contributed by atoms with Crippen LogP contribution in [0, 0.1) is 28.6 Å². The smallest absolute Gasteiger partial charge is 0.309 e. The SMILES string of the molecule is COC(=O)C1C(CC(C#N)=COCC(=O)Cl)C1(C)C. The van der Waals surface area contributed by atoms with Gasteiger partial charge in [0, 0.05) is 0 Å². The number of nitrogens with zero attached hydrogens (tertiary/aromatic N) is 1. The summed E-state index contributed by atoms with van der Waals surface area (Å²) < 4.78 is 9.62. The van der Waals surface area contributed by atoms with Crippen molar-refractivity contribution in [3.8, 4) is 6.07 Å². The summed E-state index contributed by atoms with van der Waals surface area (Å²) >= 11 is 5.11. The lowest BCUT2D eigenvalue weighted by molar-refractivity contribution is -0.143. The maximum Gasteiger partial charge on any atom is 0.309 e. The van der Waals surface area contributed by atoms with E-state index in [1.807, 2.05) is 19.9 Å². The van der Waals surface area contributed by atoms with Crippen LogP contribution in [0.15, 0.2) is 11.8 Å². The van der Waals surface area contributed by atoms with Crippen molar-refractivity contribution < 1.29 is 19.1 Å². The number of rotatable bonds is 6. The van der Waals surface area contributed by atoms with Gasteiger partial charge in [0.15, 0.2) is 6.61 Å². The third-order valence-corrected chi connectivity index (χ3v) is 3.62. The second-order valence-electron chi connectivity index (χ2n) is 5.05. The molecule has 6 heteroatoms. The molecule has 104 valence electrons. The molecule has 2 unspecified atom stereocenters. The molecule has 1 aliphatic rings. The Labute approximate surface area is 117 Å². The van der Waals surface area contributed by atoms with E-state index in [1.165, 1.54) is 13.4 Å². The van der Waals surface area contributed by atoms with Crippen molar-refractivity contribution in [3.05, 3.63) is 11.8 Å². The van der Waals surface area contributed by atoms with Crippen LogP contribution in [-0.2, 0) is 19.1 Å². The second-order valence-corrected chi connectivity index (χ2v) is 5.48. The van der Waals surface area contributed by atoms with Gasteiger partial charge in [0.1, 0.15) is 0 Å². The van der Waals surface area contributed by atoms with E-state index in [9.17, 15) is 9.59 Å². The van der Waals surface area contributed by atoms with Gasteiger partial charge in [0.2, 0.25) is 0 Å². The van der Waals surface area contributed by atoms with Gasteiger partial charge < -0.3 is 9.47 Å². The molecule has 5 nitrogen and oxygen atoms in total. The number of nitriles is 1. The summed E-state index contributed by atoms with van der Waals surface area (Å²) in [5.41, 5.74) is 0.188. The first-order chi connectivity index (χ1) is 8.84. The number of methoxy groups -OCH3 is 1. The summed E-state index contributed by atoms with van der Waals surface area (Å²) in [5, 5.41) is 8.36. The van der Waals surface area contributed by atoms with Crippen molar-refractivity contribution in [1.29, 1.82) is 5.26 Å². The van der Waals surface area contributed by atoms with Crippen LogP contribution in [0.5, 0.6) is 0 Å². The van der Waals surface area contributed by atoms with E-state index < -0.39 is 5.24 Å². The van der Waals surface area contributed by atoms with E-state index >= 15 is 0 Å². The fraction of sp³-hybridized carbons (Fsp3) is 0.615. The molecule has 0 aromatic rings. The number of allylic oxidation sites excluding steroid dienone is 1. The molecule has 1 rings (SSSR count). The minimum absolute atomic E-state index is 0.0427. The molecule has 2 atom stereocenters. The third-order valence-electron chi connectivity index (χ3n) is 3.51. The van der Waals surface area contributed by atoms with Crippen molar-refractivity contribution in [2.24, 2.45) is 17.3 Å². The van der Waals surface area contributed by atoms with Crippen LogP contribution >= 0.6 is 11.6 Å². The molecular weight excluding hydrogens is 270 g/mol. The molecule has 0 amide bonds. The lowest BCUT2D eigenvalue weighted by Gasteiger charge is -2.01. The van der Waals surface area contributed by atoms with E-state index in [2.05, 4.69) is 0 Å². The molecule has 1 aliphatic carbocycles. The number of carbonyl (C=O) groups is 2. The summed E-state index contributed by atoms with van der Waals surface area (Å²) in [4.78, 5) is 22.1. The molecule has 0 aromatic heterocycles. The predicted molar refractivity (Wildman–Crippen MR) is 67.9 cm³/mol. The Bertz CT molecular complexity index is 450. The predicted octanol–water partition coefficient (Wildman–Crippen LogP) is 2.01. The number of carbonyl (C=O) groups excluding carboxylic acids is 2. The van der Waals surface area contributed by atoms with E-state index in [0.717, 1.165) is 0 Å². The van der Waals surface area contributed by atoms with Gasteiger partial charge in [-0.05, 0) is 29.4 Å². The Morgan fingerprint density at radius 1 is 1.47 bits per heavy atom. The summed E-state index contributed by atoms with van der Waals surface area (Å²) in [6, 6.07) is 1.99. The highest BCUT2D eigenvalue weighted by Gasteiger charge is 2.62. The molecule has 0 aromatic carbocycles. The zero-order valence-corrected chi connectivity index (χ0v) is 11.9. The van der Waals surface area contributed by atoms with Gasteiger partial charge >= 0.3 is 5.97 Å². The second kappa shape index (κ2) is 6.07. The van der Waals surface area contributed by atoms with Crippen LogP contribution in [0.3, 0.4) is 0 Å². The Kier molecular flexibility index (Phi) is 4.96. The quantitative estimate of drug-likeness (QED) is 0.323. The molecule has 0 spiro atoms. The van der Waals surface area contributed by atoms with Crippen molar-refractivity contribution in [2.45, 2.75) is 20.3 Å². The summed E-state index contributed by atoms with van der Waals surface area (Å²) in [5.74, 6) is -0.422. The molecule has 0 saturated heterocycles. The summed E-state index contributed by atoms with van der Waals surface area (Å²) in [7, 11) is 1.35. The third kappa shape index (κ3) is 3.71. The van der Waals surface area contributed by atoms with Crippen LogP contribution in [0.25, 0.3) is 0 Å². The van der Waals surface area contributed by atoms with E-state index in [1.54, 1.807) is 0 Å². The molecule has 0 aliphatic heterocycles. The fourth-order valence-corrected chi connectivity index (χ4v) is 2.35. The maximum absolute atomic E-state index is 11.6. The monoisotopic (exact) mass is 285 g/mol. The Hall–Kier alpha value is -1.54. The van der Waals surface area contributed by atoms with Gasteiger partial charge in [-0.15, -0.1) is 0 Å². The Morgan fingerprint density at radius 3 is 2.58 bits per heavy atom. The number of halogens is 1. The lowest BCUT2D eigenvalue weighted by atomic mass is 10.0. The van der Waals surface area contributed by atoms with Crippen LogP contribution in [0.2, 0.25) is 0 Å². The Morgan fingerprint density at radius 2 is 2.11 bits per heavy atom. The summed E-state index contributed by atoms with van der Waals surface area (Å²) in [6.45, 7) is 3.63. The molecule has 1 fully saturated rings. The molecular formula is C13H16ClNO4. The molecule has 19 heavy (non-hydrogen) atoms. The minimum Gasteiger partial charge on any atom is -0.491 e. The highest BCUT2D eigenvalue weighted by Crippen LogP contribution is 2.61. The van der Waals surface area contributed by atoms with Crippen molar-refractivity contribution >= 4 is 22.8 Å². The largest absolute Gasteiger partial charge is 0.491 e. The normalized spacial score (nSPS) is 24.3. The lowest BCUT2D eigenvalue weighted by Crippen LogP contribution is -2.07. The van der Waals surface area contributed by atoms with E-state index in [0.29, 0.717) is 12.0 Å². The van der Waals surface area contributed by atoms with Gasteiger partial charge in [0.25, 0.3) is 5.24 Å². The van der Waals surface area contributed by atoms with Gasteiger partial charge in [-0.25, -0.2) is 0 Å². The standard InChI is InChI=1S/C13H16ClNO4/c1-13(2)9(11(13)12(17)18-3)4-8(5-15)6-19-7-10(14)16/h6,9,11H,4,7H2,1-3H3. The number of esters is 1. The number of hydrogen-bond acceptors (Lipinski definition) is 5. The van der Waals surface area contributed by atoms with Crippen LogP contribution in [0.1, 0.15) is 20.3 Å². The highest BCUT2D eigenvalue weighted by atomic mass is 35.5. The van der Waals surface area contributed by atoms with Gasteiger partial charge in [0.05, 0.1) is 30.9 Å². The number of hydrogen-bond donors (Lipinski definition) is 0. The number of ether oxygens (including phenoxy) is 2. The van der Waals surface area contributed by atoms with Crippen LogP contribution < -0.4 is 0 Å². The van der Waals surface area contributed by atoms with Crippen molar-refractivity contribution in [2.75, 3.05) is 13.7 Å². The van der Waals surface area contributed by atoms with E-state index in [-0.39, 0.29) is 29.8 Å². The highest BCUT2D eigenvalue weighted by molar-refractivity contribution is 6.63. The zero-order valence-electron chi connectivity index (χ0n) is 11.1. The molecule has 0 bridgehead atoms. The summed E-state index contributed by atoms with van der Waals surface area (Å²) in [6.07, 6.45) is 1.64. The zero-order chi connectivity index (χ0) is 14.6.